The van der Waals surface area contributed by atoms with Gasteiger partial charge in [-0.25, -0.2) is 13.1 Å². The van der Waals surface area contributed by atoms with Gasteiger partial charge in [0.1, 0.15) is 5.75 Å². The first-order valence-corrected chi connectivity index (χ1v) is 12.6. The van der Waals surface area contributed by atoms with Crippen molar-refractivity contribution in [2.45, 2.75) is 42.7 Å². The van der Waals surface area contributed by atoms with Gasteiger partial charge in [0.25, 0.3) is 0 Å². The molecular weight excluding hydrogens is 402 g/mol. The third-order valence-corrected chi connectivity index (χ3v) is 8.66. The van der Waals surface area contributed by atoms with Crippen LogP contribution in [0.1, 0.15) is 25.7 Å². The van der Waals surface area contributed by atoms with Crippen LogP contribution in [0, 0.1) is 11.8 Å². The first-order valence-electron chi connectivity index (χ1n) is 11.1. The number of ether oxygens (including phenoxy) is 2. The second-order valence-corrected chi connectivity index (χ2v) is 10.7. The first kappa shape index (κ1) is 22.0. The molecule has 5 rings (SSSR count). The molecule has 1 unspecified atom stereocenters. The minimum Gasteiger partial charge on any atom is -0.497 e. The third-order valence-electron chi connectivity index (χ3n) is 7.22. The van der Waals surface area contributed by atoms with E-state index in [4.69, 9.17) is 9.47 Å². The van der Waals surface area contributed by atoms with Gasteiger partial charge in [0.05, 0.1) is 18.6 Å². The molecule has 2 bridgehead atoms. The Labute approximate surface area is 180 Å². The highest BCUT2D eigenvalue weighted by atomic mass is 32.2. The molecule has 7 nitrogen and oxygen atoms in total. The van der Waals surface area contributed by atoms with E-state index in [2.05, 4.69) is 14.5 Å². The number of nitrogens with zero attached hydrogens (tertiary/aromatic N) is 2. The van der Waals surface area contributed by atoms with Gasteiger partial charge >= 0.3 is 0 Å². The van der Waals surface area contributed by atoms with Crippen LogP contribution in [0.25, 0.3) is 0 Å². The van der Waals surface area contributed by atoms with E-state index in [1.165, 1.54) is 25.8 Å². The summed E-state index contributed by atoms with van der Waals surface area (Å²) in [5.74, 6) is 2.03. The number of fused-ring (bicyclic) bond motifs is 3. The van der Waals surface area contributed by atoms with Gasteiger partial charge in [-0.1, -0.05) is 0 Å². The molecule has 4 heterocycles. The lowest BCUT2D eigenvalue weighted by atomic mass is 9.75. The van der Waals surface area contributed by atoms with Gasteiger partial charge in [-0.3, -0.25) is 9.80 Å². The molecule has 0 aromatic heterocycles. The van der Waals surface area contributed by atoms with Crippen LogP contribution in [0.2, 0.25) is 0 Å². The Hall–Kier alpha value is -1.19. The van der Waals surface area contributed by atoms with Crippen LogP contribution in [0.15, 0.2) is 29.2 Å². The monoisotopic (exact) mass is 437 g/mol. The molecule has 0 radical (unpaired) electrons. The molecule has 4 saturated heterocycles. The minimum absolute atomic E-state index is 0.287. The summed E-state index contributed by atoms with van der Waals surface area (Å²) in [7, 11) is -0.135. The summed E-state index contributed by atoms with van der Waals surface area (Å²) in [6, 6.07) is 7.41. The number of rotatable bonds is 9. The Balaban J connectivity index is 1.31. The number of sulfonamides is 1. The normalized spacial score (nSPS) is 31.9. The van der Waals surface area contributed by atoms with Gasteiger partial charge in [-0.05, 0) is 74.9 Å². The van der Waals surface area contributed by atoms with Crippen LogP contribution in [0.5, 0.6) is 5.75 Å². The Morgan fingerprint density at radius 1 is 1.10 bits per heavy atom. The van der Waals surface area contributed by atoms with Crippen molar-refractivity contribution >= 4 is 10.0 Å². The van der Waals surface area contributed by atoms with Crippen molar-refractivity contribution in [3.8, 4) is 5.75 Å². The Morgan fingerprint density at radius 3 is 2.57 bits per heavy atom. The van der Waals surface area contributed by atoms with Crippen LogP contribution in [0.3, 0.4) is 0 Å². The van der Waals surface area contributed by atoms with Crippen LogP contribution in [0.4, 0.5) is 0 Å². The molecular formula is C22H35N3O4S. The van der Waals surface area contributed by atoms with Crippen molar-refractivity contribution in [2.24, 2.45) is 11.8 Å². The number of likely N-dealkylation sites (tertiary alicyclic amines) is 1. The smallest absolute Gasteiger partial charge is 0.240 e. The summed E-state index contributed by atoms with van der Waals surface area (Å²) in [5, 5.41) is 0. The first-order chi connectivity index (χ1) is 14.5. The molecule has 1 aromatic rings. The highest BCUT2D eigenvalue weighted by molar-refractivity contribution is 7.89. The number of piperidine rings is 3. The van der Waals surface area contributed by atoms with Crippen LogP contribution in [-0.2, 0) is 14.8 Å². The fraction of sp³-hybridized carbons (Fsp3) is 0.727. The molecule has 168 valence electrons. The maximum atomic E-state index is 12.7. The topological polar surface area (TPSA) is 71.1 Å². The average Bonchev–Trinajstić information content (AvgIpc) is 3.20. The molecule has 30 heavy (non-hydrogen) atoms. The standard InChI is InChI=1S/C22H35N3O4S/c1-28-16-19-4-3-10-24(19)14-18-15-25-11-9-17(18)12-20(25)13-23-30(26,27)22-7-5-21(29-2)6-8-22/h5-8,17-20,23H,3-4,9-16H2,1-2H3/t17-,18+,19-,20+/m0/s1. The largest absolute Gasteiger partial charge is 0.497 e. The van der Waals surface area contributed by atoms with Crippen LogP contribution in [-0.4, -0.2) is 83.9 Å². The van der Waals surface area contributed by atoms with Crippen molar-refractivity contribution in [3.05, 3.63) is 24.3 Å². The Morgan fingerprint density at radius 2 is 1.90 bits per heavy atom. The SMILES string of the molecule is COC[C@@H]1CCCN1C[C@@H]1CN2CC[C@H]1C[C@@H]2CNS(=O)(=O)c1ccc(OC)cc1. The van der Waals surface area contributed by atoms with E-state index >= 15 is 0 Å². The van der Waals surface area contributed by atoms with E-state index in [0.29, 0.717) is 36.2 Å². The van der Waals surface area contributed by atoms with Crippen molar-refractivity contribution in [3.63, 3.8) is 0 Å². The quantitative estimate of drug-likeness (QED) is 0.635. The second-order valence-electron chi connectivity index (χ2n) is 8.97. The predicted octanol–water partition coefficient (Wildman–Crippen LogP) is 1.79. The summed E-state index contributed by atoms with van der Waals surface area (Å²) >= 11 is 0. The molecule has 8 heteroatoms. The molecule has 0 amide bonds. The van der Waals surface area contributed by atoms with E-state index in [9.17, 15) is 8.42 Å². The molecule has 0 saturated carbocycles. The molecule has 4 aliphatic heterocycles. The zero-order chi connectivity index (χ0) is 21.1. The van der Waals surface area contributed by atoms with Crippen molar-refractivity contribution in [2.75, 3.05) is 53.6 Å². The fourth-order valence-electron chi connectivity index (χ4n) is 5.53. The highest BCUT2D eigenvalue weighted by Gasteiger charge is 2.41. The number of methoxy groups -OCH3 is 2. The van der Waals surface area contributed by atoms with Gasteiger partial charge in [-0.15, -0.1) is 0 Å². The molecule has 1 N–H and O–H groups in total. The molecule has 0 spiro atoms. The average molecular weight is 438 g/mol. The third kappa shape index (κ3) is 4.83. The molecule has 0 aliphatic carbocycles. The molecule has 4 aliphatic rings. The van der Waals surface area contributed by atoms with Gasteiger partial charge in [-0.2, -0.15) is 0 Å². The van der Waals surface area contributed by atoms with Gasteiger partial charge in [0.15, 0.2) is 0 Å². The lowest BCUT2D eigenvalue weighted by Gasteiger charge is -2.51. The van der Waals surface area contributed by atoms with Crippen LogP contribution < -0.4 is 9.46 Å². The van der Waals surface area contributed by atoms with Crippen molar-refractivity contribution in [1.82, 2.24) is 14.5 Å². The van der Waals surface area contributed by atoms with E-state index < -0.39 is 10.0 Å². The highest BCUT2D eigenvalue weighted by Crippen LogP contribution is 2.37. The number of hydrogen-bond acceptors (Lipinski definition) is 6. The maximum Gasteiger partial charge on any atom is 0.240 e. The number of nitrogens with one attached hydrogen (secondary N) is 1. The van der Waals surface area contributed by atoms with Gasteiger partial charge in [0.2, 0.25) is 10.0 Å². The number of hydrogen-bond donors (Lipinski definition) is 1. The zero-order valence-corrected chi connectivity index (χ0v) is 18.9. The summed E-state index contributed by atoms with van der Waals surface area (Å²) < 4.78 is 38.7. The molecule has 1 aromatic carbocycles. The minimum atomic E-state index is -3.50. The van der Waals surface area contributed by atoms with Crippen molar-refractivity contribution in [1.29, 1.82) is 0 Å². The van der Waals surface area contributed by atoms with E-state index in [1.54, 1.807) is 38.5 Å². The summed E-state index contributed by atoms with van der Waals surface area (Å²) in [6.45, 7) is 5.81. The van der Waals surface area contributed by atoms with Crippen LogP contribution >= 0.6 is 0 Å². The van der Waals surface area contributed by atoms with Gasteiger partial charge < -0.3 is 9.47 Å². The van der Waals surface area contributed by atoms with E-state index in [-0.39, 0.29) is 4.90 Å². The zero-order valence-electron chi connectivity index (χ0n) is 18.1. The summed E-state index contributed by atoms with van der Waals surface area (Å²) in [5.41, 5.74) is 0. The van der Waals surface area contributed by atoms with Gasteiger partial charge in [0, 0.05) is 38.8 Å². The number of benzene rings is 1. The Kier molecular flexibility index (Phi) is 6.99. The van der Waals surface area contributed by atoms with E-state index in [0.717, 1.165) is 32.7 Å². The predicted molar refractivity (Wildman–Crippen MR) is 116 cm³/mol. The lowest BCUT2D eigenvalue weighted by molar-refractivity contribution is -0.0156. The van der Waals surface area contributed by atoms with Crippen molar-refractivity contribution < 1.29 is 17.9 Å². The summed E-state index contributed by atoms with van der Waals surface area (Å²) in [4.78, 5) is 5.41. The maximum absolute atomic E-state index is 12.7. The molecule has 4 fully saturated rings. The lowest BCUT2D eigenvalue weighted by Crippen LogP contribution is -2.58. The second kappa shape index (κ2) is 9.53. The summed E-state index contributed by atoms with van der Waals surface area (Å²) in [6.07, 6.45) is 4.82. The Bertz CT molecular complexity index is 801. The van der Waals surface area contributed by atoms with E-state index in [1.807, 2.05) is 0 Å². The molecule has 5 atom stereocenters. The fourth-order valence-corrected chi connectivity index (χ4v) is 6.60.